The zero-order valence-corrected chi connectivity index (χ0v) is 12.9. The molecule has 1 saturated heterocycles. The third-order valence-electron chi connectivity index (χ3n) is 4.11. The van der Waals surface area contributed by atoms with Gasteiger partial charge in [0.05, 0.1) is 0 Å². The Hall–Kier alpha value is -2.63. The Morgan fingerprint density at radius 3 is 2.35 bits per heavy atom. The van der Waals surface area contributed by atoms with Crippen molar-refractivity contribution >= 4 is 11.6 Å². The molecule has 1 aliphatic heterocycles. The summed E-state index contributed by atoms with van der Waals surface area (Å²) >= 11 is 0. The van der Waals surface area contributed by atoms with Crippen molar-refractivity contribution in [3.63, 3.8) is 0 Å². The number of piperazine rings is 1. The lowest BCUT2D eigenvalue weighted by Crippen LogP contribution is -2.49. The lowest BCUT2D eigenvalue weighted by molar-refractivity contribution is 0.0744. The van der Waals surface area contributed by atoms with Crippen LogP contribution < -0.4 is 10.5 Å². The third kappa shape index (κ3) is 3.11. The second-order valence-corrected chi connectivity index (χ2v) is 5.59. The molecule has 6 heteroatoms. The van der Waals surface area contributed by atoms with Crippen molar-refractivity contribution in [2.75, 3.05) is 31.1 Å². The van der Waals surface area contributed by atoms with Crippen molar-refractivity contribution in [2.45, 2.75) is 0 Å². The molecule has 0 N–H and O–H groups in total. The fourth-order valence-corrected chi connectivity index (χ4v) is 2.75. The minimum atomic E-state index is -0.279. The zero-order valence-electron chi connectivity index (χ0n) is 12.9. The number of aromatic nitrogens is 1. The molecule has 1 fully saturated rings. The molecule has 1 aromatic heterocycles. The van der Waals surface area contributed by atoms with E-state index in [1.165, 1.54) is 16.7 Å². The van der Waals surface area contributed by atoms with E-state index in [4.69, 9.17) is 0 Å². The third-order valence-corrected chi connectivity index (χ3v) is 4.11. The zero-order chi connectivity index (χ0) is 16.4. The van der Waals surface area contributed by atoms with Gasteiger partial charge in [0.2, 0.25) is 0 Å². The fourth-order valence-electron chi connectivity index (χ4n) is 2.75. The number of carbonyl (C=O) groups is 1. The number of benzene rings is 1. The standard InChI is InChI=1S/C17H18FN3O2/c1-19-8-2-3-15(16(19)22)17(23)21-11-9-20(10-12-21)14-6-4-13(18)5-7-14/h2-8H,9-12H2,1H3. The number of pyridine rings is 1. The van der Waals surface area contributed by atoms with Crippen LogP contribution in [-0.2, 0) is 7.05 Å². The van der Waals surface area contributed by atoms with Crippen LogP contribution in [0.1, 0.15) is 10.4 Å². The van der Waals surface area contributed by atoms with Crippen LogP contribution in [0.2, 0.25) is 0 Å². The van der Waals surface area contributed by atoms with Gasteiger partial charge < -0.3 is 14.4 Å². The van der Waals surface area contributed by atoms with Crippen molar-refractivity contribution in [1.29, 1.82) is 0 Å². The molecule has 0 unspecified atom stereocenters. The van der Waals surface area contributed by atoms with Gasteiger partial charge in [0, 0.05) is 45.1 Å². The molecule has 2 heterocycles. The van der Waals surface area contributed by atoms with E-state index in [1.54, 1.807) is 42.4 Å². The summed E-state index contributed by atoms with van der Waals surface area (Å²) in [6, 6.07) is 9.60. The molecule has 120 valence electrons. The van der Waals surface area contributed by atoms with Gasteiger partial charge in [-0.15, -0.1) is 0 Å². The summed E-state index contributed by atoms with van der Waals surface area (Å²) in [5.74, 6) is -0.493. The lowest BCUT2D eigenvalue weighted by atomic mass is 10.2. The Morgan fingerprint density at radius 1 is 1.04 bits per heavy atom. The van der Waals surface area contributed by atoms with Gasteiger partial charge in [0.1, 0.15) is 11.4 Å². The molecule has 2 aromatic rings. The maximum absolute atomic E-state index is 13.0. The van der Waals surface area contributed by atoms with Gasteiger partial charge in [-0.3, -0.25) is 9.59 Å². The van der Waals surface area contributed by atoms with Gasteiger partial charge in [-0.1, -0.05) is 0 Å². The number of hydrogen-bond acceptors (Lipinski definition) is 3. The van der Waals surface area contributed by atoms with Crippen LogP contribution in [0.15, 0.2) is 47.4 Å². The molecule has 5 nitrogen and oxygen atoms in total. The number of nitrogens with zero attached hydrogens (tertiary/aromatic N) is 3. The van der Waals surface area contributed by atoms with Crippen molar-refractivity contribution in [3.05, 3.63) is 64.3 Å². The first kappa shape index (κ1) is 15.3. The first-order valence-corrected chi connectivity index (χ1v) is 7.52. The van der Waals surface area contributed by atoms with Crippen LogP contribution in [0, 0.1) is 5.82 Å². The Labute approximate surface area is 133 Å². The summed E-state index contributed by atoms with van der Waals surface area (Å²) in [7, 11) is 1.63. The smallest absolute Gasteiger partial charge is 0.263 e. The number of amides is 1. The second kappa shape index (κ2) is 6.24. The minimum absolute atomic E-state index is 0.199. The minimum Gasteiger partial charge on any atom is -0.368 e. The highest BCUT2D eigenvalue weighted by molar-refractivity contribution is 5.94. The average Bonchev–Trinajstić information content (AvgIpc) is 2.58. The molecule has 3 rings (SSSR count). The highest BCUT2D eigenvalue weighted by atomic mass is 19.1. The molecule has 1 amide bonds. The van der Waals surface area contributed by atoms with E-state index in [9.17, 15) is 14.0 Å². The lowest BCUT2D eigenvalue weighted by Gasteiger charge is -2.36. The normalized spacial score (nSPS) is 14.9. The second-order valence-electron chi connectivity index (χ2n) is 5.59. The Kier molecular flexibility index (Phi) is 4.14. The summed E-state index contributed by atoms with van der Waals surface area (Å²) < 4.78 is 14.4. The van der Waals surface area contributed by atoms with E-state index in [0.29, 0.717) is 26.2 Å². The molecule has 0 spiro atoms. The van der Waals surface area contributed by atoms with Crippen molar-refractivity contribution in [1.82, 2.24) is 9.47 Å². The summed E-state index contributed by atoms with van der Waals surface area (Å²) in [6.07, 6.45) is 1.63. The molecule has 0 radical (unpaired) electrons. The summed E-state index contributed by atoms with van der Waals surface area (Å²) in [5, 5.41) is 0. The Morgan fingerprint density at radius 2 is 1.70 bits per heavy atom. The first-order valence-electron chi connectivity index (χ1n) is 7.52. The number of aryl methyl sites for hydroxylation is 1. The first-order chi connectivity index (χ1) is 11.1. The fraction of sp³-hybridized carbons (Fsp3) is 0.294. The van der Waals surface area contributed by atoms with E-state index in [1.807, 2.05) is 0 Å². The van der Waals surface area contributed by atoms with Crippen LogP contribution in [0.25, 0.3) is 0 Å². The average molecular weight is 315 g/mol. The Balaban J connectivity index is 1.69. The molecular formula is C17H18FN3O2. The number of anilines is 1. The quantitative estimate of drug-likeness (QED) is 0.843. The largest absolute Gasteiger partial charge is 0.368 e. The predicted molar refractivity (Wildman–Crippen MR) is 86.2 cm³/mol. The van der Waals surface area contributed by atoms with Gasteiger partial charge in [-0.2, -0.15) is 0 Å². The summed E-state index contributed by atoms with van der Waals surface area (Å²) in [5.41, 5.74) is 0.859. The van der Waals surface area contributed by atoms with E-state index in [2.05, 4.69) is 4.90 Å². The number of hydrogen-bond donors (Lipinski definition) is 0. The molecule has 0 atom stereocenters. The number of rotatable bonds is 2. The van der Waals surface area contributed by atoms with Crippen LogP contribution in [0.3, 0.4) is 0 Å². The van der Waals surface area contributed by atoms with Crippen LogP contribution in [-0.4, -0.2) is 41.6 Å². The van der Waals surface area contributed by atoms with Gasteiger partial charge in [-0.05, 0) is 36.4 Å². The van der Waals surface area contributed by atoms with E-state index >= 15 is 0 Å². The van der Waals surface area contributed by atoms with Gasteiger partial charge in [0.25, 0.3) is 11.5 Å². The van der Waals surface area contributed by atoms with E-state index in [0.717, 1.165) is 5.69 Å². The Bertz CT molecular complexity index is 762. The molecule has 1 aliphatic rings. The maximum Gasteiger partial charge on any atom is 0.263 e. The predicted octanol–water partition coefficient (Wildman–Crippen LogP) is 1.49. The molecule has 0 saturated carbocycles. The van der Waals surface area contributed by atoms with Crippen LogP contribution in [0.5, 0.6) is 0 Å². The monoisotopic (exact) mass is 315 g/mol. The van der Waals surface area contributed by atoms with Gasteiger partial charge in [-0.25, -0.2) is 4.39 Å². The molecular weight excluding hydrogens is 297 g/mol. The molecule has 1 aromatic carbocycles. The number of halogens is 1. The van der Waals surface area contributed by atoms with Crippen molar-refractivity contribution in [2.24, 2.45) is 7.05 Å². The van der Waals surface area contributed by atoms with Crippen molar-refractivity contribution < 1.29 is 9.18 Å². The molecule has 0 bridgehead atoms. The highest BCUT2D eigenvalue weighted by Gasteiger charge is 2.24. The number of carbonyl (C=O) groups excluding carboxylic acids is 1. The van der Waals surface area contributed by atoms with Crippen LogP contribution in [0.4, 0.5) is 10.1 Å². The highest BCUT2D eigenvalue weighted by Crippen LogP contribution is 2.17. The van der Waals surface area contributed by atoms with Crippen molar-refractivity contribution in [3.8, 4) is 0 Å². The summed E-state index contributed by atoms with van der Waals surface area (Å²) in [6.45, 7) is 2.39. The molecule has 23 heavy (non-hydrogen) atoms. The van der Waals surface area contributed by atoms with E-state index < -0.39 is 0 Å². The van der Waals surface area contributed by atoms with Gasteiger partial charge in [0.15, 0.2) is 0 Å². The molecule has 0 aliphatic carbocycles. The van der Waals surface area contributed by atoms with Crippen LogP contribution >= 0.6 is 0 Å². The topological polar surface area (TPSA) is 45.6 Å². The summed E-state index contributed by atoms with van der Waals surface area (Å²) in [4.78, 5) is 28.3. The van der Waals surface area contributed by atoms with E-state index in [-0.39, 0.29) is 22.8 Å². The maximum atomic E-state index is 13.0. The van der Waals surface area contributed by atoms with Gasteiger partial charge >= 0.3 is 0 Å². The SMILES string of the molecule is Cn1cccc(C(=O)N2CCN(c3ccc(F)cc3)CC2)c1=O.